The van der Waals surface area contributed by atoms with E-state index in [2.05, 4.69) is 4.98 Å². The van der Waals surface area contributed by atoms with Crippen LogP contribution in [0.4, 0.5) is 5.13 Å². The van der Waals surface area contributed by atoms with Gasteiger partial charge in [0.25, 0.3) is 0 Å². The minimum absolute atomic E-state index is 0.0952. The molecule has 2 N–H and O–H groups in total. The van der Waals surface area contributed by atoms with E-state index >= 15 is 0 Å². The van der Waals surface area contributed by atoms with Crippen LogP contribution in [0.5, 0.6) is 0 Å². The number of nitrogens with zero attached hydrogens (tertiary/aromatic N) is 2. The first kappa shape index (κ1) is 10.4. The summed E-state index contributed by atoms with van der Waals surface area (Å²) in [6.07, 6.45) is 3.33. The van der Waals surface area contributed by atoms with E-state index in [1.807, 2.05) is 4.90 Å². The fourth-order valence-corrected chi connectivity index (χ4v) is 2.63. The van der Waals surface area contributed by atoms with Gasteiger partial charge in [0, 0.05) is 6.54 Å². The van der Waals surface area contributed by atoms with E-state index < -0.39 is 5.97 Å². The molecule has 1 aromatic rings. The molecule has 2 heterocycles. The quantitative estimate of drug-likeness (QED) is 0.800. The largest absolute Gasteiger partial charge is 0.477 e. The van der Waals surface area contributed by atoms with Gasteiger partial charge in [-0.25, -0.2) is 9.78 Å². The van der Waals surface area contributed by atoms with Gasteiger partial charge in [0.1, 0.15) is 4.88 Å². The lowest BCUT2D eigenvalue weighted by Gasteiger charge is -2.21. The molecule has 1 aliphatic heterocycles. The van der Waals surface area contributed by atoms with Gasteiger partial charge in [0.15, 0.2) is 5.13 Å². The summed E-state index contributed by atoms with van der Waals surface area (Å²) in [5.41, 5.74) is 0. The zero-order valence-corrected chi connectivity index (χ0v) is 8.90. The Morgan fingerprint density at radius 1 is 1.73 bits per heavy atom. The lowest BCUT2D eigenvalue weighted by atomic mass is 10.2. The Hall–Kier alpha value is -1.14. The summed E-state index contributed by atoms with van der Waals surface area (Å²) >= 11 is 1.16. The van der Waals surface area contributed by atoms with Gasteiger partial charge >= 0.3 is 5.97 Å². The van der Waals surface area contributed by atoms with Crippen LogP contribution in [0.25, 0.3) is 0 Å². The summed E-state index contributed by atoms with van der Waals surface area (Å²) in [5.74, 6) is -0.946. The number of aliphatic hydroxyl groups is 1. The highest BCUT2D eigenvalue weighted by Gasteiger charge is 2.26. The van der Waals surface area contributed by atoms with Crippen LogP contribution in [0.1, 0.15) is 22.5 Å². The normalized spacial score (nSPS) is 20.9. The fraction of sp³-hybridized carbons (Fsp3) is 0.556. The molecule has 15 heavy (non-hydrogen) atoms. The van der Waals surface area contributed by atoms with E-state index in [-0.39, 0.29) is 17.5 Å². The van der Waals surface area contributed by atoms with Crippen molar-refractivity contribution in [3.8, 4) is 0 Å². The molecule has 6 heteroatoms. The Bertz CT molecular complexity index is 366. The molecule has 0 bridgehead atoms. The van der Waals surface area contributed by atoms with E-state index in [1.165, 1.54) is 6.20 Å². The highest BCUT2D eigenvalue weighted by molar-refractivity contribution is 7.17. The number of carbonyl (C=O) groups is 1. The van der Waals surface area contributed by atoms with Crippen molar-refractivity contribution in [2.24, 2.45) is 0 Å². The standard InChI is InChI=1S/C9H12N2O3S/c12-5-6-2-1-3-11(6)9-10-4-7(15-9)8(13)14/h4,6,12H,1-3,5H2,(H,13,14). The smallest absolute Gasteiger partial charge is 0.347 e. The molecule has 0 aromatic carbocycles. The maximum Gasteiger partial charge on any atom is 0.347 e. The number of rotatable bonds is 3. The molecule has 1 saturated heterocycles. The van der Waals surface area contributed by atoms with Gasteiger partial charge < -0.3 is 15.1 Å². The predicted molar refractivity (Wildman–Crippen MR) is 56.5 cm³/mol. The molecule has 1 aromatic heterocycles. The average Bonchev–Trinajstić information content (AvgIpc) is 2.85. The number of anilines is 1. The van der Waals surface area contributed by atoms with Crippen LogP contribution < -0.4 is 4.90 Å². The van der Waals surface area contributed by atoms with Crippen molar-refractivity contribution >= 4 is 22.4 Å². The minimum atomic E-state index is -0.946. The maximum atomic E-state index is 10.7. The summed E-state index contributed by atoms with van der Waals surface area (Å²) in [5, 5.41) is 18.6. The highest BCUT2D eigenvalue weighted by Crippen LogP contribution is 2.29. The first-order valence-electron chi connectivity index (χ1n) is 4.79. The average molecular weight is 228 g/mol. The van der Waals surface area contributed by atoms with Crippen LogP contribution in [0.3, 0.4) is 0 Å². The number of carboxylic acid groups (broad SMARTS) is 1. The van der Waals surface area contributed by atoms with E-state index in [0.717, 1.165) is 30.7 Å². The van der Waals surface area contributed by atoms with Crippen molar-refractivity contribution in [2.75, 3.05) is 18.1 Å². The van der Waals surface area contributed by atoms with Crippen LogP contribution in [0.15, 0.2) is 6.20 Å². The monoisotopic (exact) mass is 228 g/mol. The minimum Gasteiger partial charge on any atom is -0.477 e. The second-order valence-corrected chi connectivity index (χ2v) is 4.49. The van der Waals surface area contributed by atoms with E-state index in [1.54, 1.807) is 0 Å². The Labute approximate surface area is 91.0 Å². The van der Waals surface area contributed by atoms with Crippen molar-refractivity contribution in [3.05, 3.63) is 11.1 Å². The van der Waals surface area contributed by atoms with Crippen LogP contribution in [-0.4, -0.2) is 40.4 Å². The molecule has 82 valence electrons. The maximum absolute atomic E-state index is 10.7. The van der Waals surface area contributed by atoms with Gasteiger partial charge in [-0.2, -0.15) is 0 Å². The molecule has 1 atom stereocenters. The zero-order valence-electron chi connectivity index (χ0n) is 8.09. The number of hydrogen-bond donors (Lipinski definition) is 2. The van der Waals surface area contributed by atoms with Crippen LogP contribution in [-0.2, 0) is 0 Å². The van der Waals surface area contributed by atoms with Gasteiger partial charge in [-0.05, 0) is 12.8 Å². The number of thiazole rings is 1. The number of hydrogen-bond acceptors (Lipinski definition) is 5. The first-order valence-corrected chi connectivity index (χ1v) is 5.60. The molecule has 0 saturated carbocycles. The van der Waals surface area contributed by atoms with E-state index in [0.29, 0.717) is 5.13 Å². The predicted octanol–water partition coefficient (Wildman–Crippen LogP) is 0.802. The third-order valence-corrected chi connectivity index (χ3v) is 3.56. The topological polar surface area (TPSA) is 73.7 Å². The Morgan fingerprint density at radius 3 is 3.13 bits per heavy atom. The molecular formula is C9H12N2O3S. The first-order chi connectivity index (χ1) is 7.22. The molecule has 5 nitrogen and oxygen atoms in total. The third-order valence-electron chi connectivity index (χ3n) is 2.54. The van der Waals surface area contributed by atoms with Crippen LogP contribution in [0.2, 0.25) is 0 Å². The summed E-state index contributed by atoms with van der Waals surface area (Å²) in [4.78, 5) is 17.0. The molecule has 0 spiro atoms. The Morgan fingerprint density at radius 2 is 2.53 bits per heavy atom. The van der Waals surface area contributed by atoms with Crippen molar-refractivity contribution < 1.29 is 15.0 Å². The fourth-order valence-electron chi connectivity index (χ4n) is 1.77. The highest BCUT2D eigenvalue weighted by atomic mass is 32.1. The molecule has 1 aliphatic rings. The number of aromatic nitrogens is 1. The third kappa shape index (κ3) is 1.95. The van der Waals surface area contributed by atoms with Gasteiger partial charge in [-0.15, -0.1) is 0 Å². The summed E-state index contributed by atoms with van der Waals surface area (Å²) in [7, 11) is 0. The number of aliphatic hydroxyl groups excluding tert-OH is 1. The molecule has 0 radical (unpaired) electrons. The van der Waals surface area contributed by atoms with Gasteiger partial charge in [-0.1, -0.05) is 11.3 Å². The van der Waals surface area contributed by atoms with Gasteiger partial charge in [-0.3, -0.25) is 0 Å². The van der Waals surface area contributed by atoms with Crippen molar-refractivity contribution in [3.63, 3.8) is 0 Å². The molecule has 1 fully saturated rings. The molecule has 0 aliphatic carbocycles. The summed E-state index contributed by atoms with van der Waals surface area (Å²) in [6, 6.07) is 0.0952. The second-order valence-electron chi connectivity index (χ2n) is 3.48. The van der Waals surface area contributed by atoms with Crippen LogP contribution >= 0.6 is 11.3 Å². The summed E-state index contributed by atoms with van der Waals surface area (Å²) in [6.45, 7) is 0.944. The van der Waals surface area contributed by atoms with Crippen LogP contribution in [0, 0.1) is 0 Å². The molecule has 1 unspecified atom stereocenters. The van der Waals surface area contributed by atoms with Crippen molar-refractivity contribution in [1.82, 2.24) is 4.98 Å². The lowest BCUT2D eigenvalue weighted by Crippen LogP contribution is -2.31. The second kappa shape index (κ2) is 4.16. The SMILES string of the molecule is O=C(O)c1cnc(N2CCCC2CO)s1. The Balaban J connectivity index is 2.18. The van der Waals surface area contributed by atoms with Gasteiger partial charge in [0.2, 0.25) is 0 Å². The molecule has 2 rings (SSSR count). The van der Waals surface area contributed by atoms with E-state index in [9.17, 15) is 4.79 Å². The molecular weight excluding hydrogens is 216 g/mol. The number of carboxylic acids is 1. The van der Waals surface area contributed by atoms with Crippen molar-refractivity contribution in [2.45, 2.75) is 18.9 Å². The van der Waals surface area contributed by atoms with E-state index in [4.69, 9.17) is 10.2 Å². The zero-order chi connectivity index (χ0) is 10.8. The summed E-state index contributed by atoms with van der Waals surface area (Å²) < 4.78 is 0. The Kier molecular flexibility index (Phi) is 2.88. The van der Waals surface area contributed by atoms with Gasteiger partial charge in [0.05, 0.1) is 18.8 Å². The number of aromatic carboxylic acids is 1. The molecule has 0 amide bonds. The lowest BCUT2D eigenvalue weighted by molar-refractivity contribution is 0.0702. The van der Waals surface area contributed by atoms with Crippen molar-refractivity contribution in [1.29, 1.82) is 0 Å².